The summed E-state index contributed by atoms with van der Waals surface area (Å²) in [6, 6.07) is 7.31. The Balaban J connectivity index is 1.90. The highest BCUT2D eigenvalue weighted by atomic mass is 16.2. The fraction of sp³-hybridized carbons (Fsp3) is 0.526. The average molecular weight is 345 g/mol. The summed E-state index contributed by atoms with van der Waals surface area (Å²) in [5, 5.41) is 5.76. The third kappa shape index (κ3) is 6.21. The van der Waals surface area contributed by atoms with Crippen molar-refractivity contribution in [1.82, 2.24) is 5.32 Å². The van der Waals surface area contributed by atoms with Crippen molar-refractivity contribution in [2.75, 3.05) is 16.8 Å². The highest BCUT2D eigenvalue weighted by Gasteiger charge is 2.17. The van der Waals surface area contributed by atoms with Crippen molar-refractivity contribution in [3.8, 4) is 0 Å². The lowest BCUT2D eigenvalue weighted by Crippen LogP contribution is -2.39. The summed E-state index contributed by atoms with van der Waals surface area (Å²) in [6.45, 7) is 3.27. The molecule has 0 saturated heterocycles. The molecule has 0 aromatic heterocycles. The van der Waals surface area contributed by atoms with E-state index in [2.05, 4.69) is 10.6 Å². The van der Waals surface area contributed by atoms with Crippen LogP contribution in [-0.2, 0) is 14.4 Å². The number of hydrogen-bond acceptors (Lipinski definition) is 3. The zero-order chi connectivity index (χ0) is 18.2. The number of rotatable bonds is 6. The summed E-state index contributed by atoms with van der Waals surface area (Å²) in [7, 11) is 0. The molecular formula is C19H27N3O3. The monoisotopic (exact) mass is 345 g/mol. The molecule has 1 aliphatic carbocycles. The lowest BCUT2D eigenvalue weighted by molar-refractivity contribution is -0.122. The predicted octanol–water partition coefficient (Wildman–Crippen LogP) is 2.84. The van der Waals surface area contributed by atoms with E-state index in [-0.39, 0.29) is 30.2 Å². The standard InChI is InChI=1S/C19H27N3O3/c1-14(23)20-17-8-10-18(11-9-17)22(15(2)24)13-12-19(25)21-16-6-4-3-5-7-16/h8-11,16H,3-7,12-13H2,1-2H3,(H,20,23)(H,21,25). The number of nitrogens with zero attached hydrogens (tertiary/aromatic N) is 1. The van der Waals surface area contributed by atoms with Crippen LogP contribution in [0, 0.1) is 0 Å². The van der Waals surface area contributed by atoms with E-state index in [1.807, 2.05) is 0 Å². The Morgan fingerprint density at radius 1 is 1.04 bits per heavy atom. The summed E-state index contributed by atoms with van der Waals surface area (Å²) in [5.74, 6) is -0.263. The van der Waals surface area contributed by atoms with Crippen LogP contribution in [0.4, 0.5) is 11.4 Å². The van der Waals surface area contributed by atoms with Gasteiger partial charge >= 0.3 is 0 Å². The number of amides is 3. The highest BCUT2D eigenvalue weighted by Crippen LogP contribution is 2.19. The van der Waals surface area contributed by atoms with Crippen LogP contribution in [0.25, 0.3) is 0 Å². The van der Waals surface area contributed by atoms with Gasteiger partial charge in [0.15, 0.2) is 0 Å². The second-order valence-corrected chi connectivity index (χ2v) is 6.55. The Kier molecular flexibility index (Phi) is 6.98. The van der Waals surface area contributed by atoms with E-state index in [0.717, 1.165) is 12.8 Å². The molecule has 0 spiro atoms. The molecule has 0 atom stereocenters. The molecule has 1 fully saturated rings. The van der Waals surface area contributed by atoms with Gasteiger partial charge in [0, 0.05) is 44.2 Å². The molecule has 0 unspecified atom stereocenters. The SMILES string of the molecule is CC(=O)Nc1ccc(N(CCC(=O)NC2CCCCC2)C(C)=O)cc1. The molecule has 1 aromatic rings. The Morgan fingerprint density at radius 3 is 2.24 bits per heavy atom. The number of anilines is 2. The molecular weight excluding hydrogens is 318 g/mol. The normalized spacial score (nSPS) is 14.6. The summed E-state index contributed by atoms with van der Waals surface area (Å²) < 4.78 is 0. The van der Waals surface area contributed by atoms with E-state index in [4.69, 9.17) is 0 Å². The van der Waals surface area contributed by atoms with Gasteiger partial charge in [-0.1, -0.05) is 19.3 Å². The predicted molar refractivity (Wildman–Crippen MR) is 98.4 cm³/mol. The van der Waals surface area contributed by atoms with E-state index in [1.54, 1.807) is 29.2 Å². The first-order valence-corrected chi connectivity index (χ1v) is 8.91. The van der Waals surface area contributed by atoms with Crippen molar-refractivity contribution in [3.05, 3.63) is 24.3 Å². The molecule has 1 saturated carbocycles. The zero-order valence-electron chi connectivity index (χ0n) is 15.0. The summed E-state index contributed by atoms with van der Waals surface area (Å²) in [4.78, 5) is 36.7. The quantitative estimate of drug-likeness (QED) is 0.832. The Morgan fingerprint density at radius 2 is 1.68 bits per heavy atom. The van der Waals surface area contributed by atoms with Gasteiger partial charge in [0.1, 0.15) is 0 Å². The Bertz CT molecular complexity index is 607. The molecule has 0 heterocycles. The van der Waals surface area contributed by atoms with Crippen molar-refractivity contribution in [3.63, 3.8) is 0 Å². The highest BCUT2D eigenvalue weighted by molar-refractivity contribution is 5.93. The van der Waals surface area contributed by atoms with Gasteiger partial charge in [-0.25, -0.2) is 0 Å². The van der Waals surface area contributed by atoms with Crippen molar-refractivity contribution in [2.24, 2.45) is 0 Å². The van der Waals surface area contributed by atoms with Gasteiger partial charge < -0.3 is 15.5 Å². The maximum atomic E-state index is 12.1. The maximum Gasteiger partial charge on any atom is 0.223 e. The van der Waals surface area contributed by atoms with Crippen LogP contribution < -0.4 is 15.5 Å². The van der Waals surface area contributed by atoms with E-state index in [9.17, 15) is 14.4 Å². The van der Waals surface area contributed by atoms with E-state index >= 15 is 0 Å². The summed E-state index contributed by atoms with van der Waals surface area (Å²) >= 11 is 0. The second-order valence-electron chi connectivity index (χ2n) is 6.55. The molecule has 2 N–H and O–H groups in total. The molecule has 3 amide bonds. The van der Waals surface area contributed by atoms with Gasteiger partial charge in [-0.15, -0.1) is 0 Å². The van der Waals surface area contributed by atoms with E-state index in [1.165, 1.54) is 33.1 Å². The Hall–Kier alpha value is -2.37. The Labute approximate surface area is 149 Å². The van der Waals surface area contributed by atoms with Crippen LogP contribution in [0.5, 0.6) is 0 Å². The molecule has 0 bridgehead atoms. The number of benzene rings is 1. The van der Waals surface area contributed by atoms with Crippen molar-refractivity contribution >= 4 is 29.1 Å². The molecule has 6 nitrogen and oxygen atoms in total. The van der Waals surface area contributed by atoms with Gasteiger partial charge in [0.05, 0.1) is 0 Å². The van der Waals surface area contributed by atoms with E-state index in [0.29, 0.717) is 17.9 Å². The summed E-state index contributed by atoms with van der Waals surface area (Å²) in [6.07, 6.45) is 5.97. The average Bonchev–Trinajstić information content (AvgIpc) is 2.56. The lowest BCUT2D eigenvalue weighted by Gasteiger charge is -2.24. The summed E-state index contributed by atoms with van der Waals surface area (Å²) in [5.41, 5.74) is 1.39. The van der Waals surface area contributed by atoms with Crippen LogP contribution in [-0.4, -0.2) is 30.3 Å². The maximum absolute atomic E-state index is 12.1. The number of carbonyl (C=O) groups excluding carboxylic acids is 3. The molecule has 1 aliphatic rings. The molecule has 25 heavy (non-hydrogen) atoms. The minimum atomic E-state index is -0.143. The van der Waals surface area contributed by atoms with Crippen LogP contribution >= 0.6 is 0 Å². The first kappa shape index (κ1) is 19.0. The van der Waals surface area contributed by atoms with Crippen molar-refractivity contribution < 1.29 is 14.4 Å². The van der Waals surface area contributed by atoms with Gasteiger partial charge in [-0.2, -0.15) is 0 Å². The smallest absolute Gasteiger partial charge is 0.223 e. The van der Waals surface area contributed by atoms with Crippen LogP contribution in [0.1, 0.15) is 52.4 Å². The molecule has 0 aliphatic heterocycles. The minimum absolute atomic E-state index is 0.00647. The molecule has 6 heteroatoms. The number of nitrogens with one attached hydrogen (secondary N) is 2. The number of hydrogen-bond donors (Lipinski definition) is 2. The largest absolute Gasteiger partial charge is 0.353 e. The third-order valence-electron chi connectivity index (χ3n) is 4.41. The zero-order valence-corrected chi connectivity index (χ0v) is 15.0. The van der Waals surface area contributed by atoms with Gasteiger partial charge in [0.25, 0.3) is 0 Å². The van der Waals surface area contributed by atoms with Crippen molar-refractivity contribution in [1.29, 1.82) is 0 Å². The van der Waals surface area contributed by atoms with Crippen LogP contribution in [0.3, 0.4) is 0 Å². The van der Waals surface area contributed by atoms with Crippen molar-refractivity contribution in [2.45, 2.75) is 58.4 Å². The second kappa shape index (κ2) is 9.20. The van der Waals surface area contributed by atoms with Crippen LogP contribution in [0.2, 0.25) is 0 Å². The third-order valence-corrected chi connectivity index (χ3v) is 4.41. The van der Waals surface area contributed by atoms with Gasteiger partial charge in [0.2, 0.25) is 17.7 Å². The van der Waals surface area contributed by atoms with Gasteiger partial charge in [-0.3, -0.25) is 14.4 Å². The molecule has 136 valence electrons. The topological polar surface area (TPSA) is 78.5 Å². The fourth-order valence-corrected chi connectivity index (χ4v) is 3.16. The number of carbonyl (C=O) groups is 3. The van der Waals surface area contributed by atoms with Gasteiger partial charge in [-0.05, 0) is 37.1 Å². The minimum Gasteiger partial charge on any atom is -0.353 e. The fourth-order valence-electron chi connectivity index (χ4n) is 3.16. The van der Waals surface area contributed by atoms with E-state index < -0.39 is 0 Å². The molecule has 1 aromatic carbocycles. The molecule has 2 rings (SSSR count). The van der Waals surface area contributed by atoms with Crippen LogP contribution in [0.15, 0.2) is 24.3 Å². The molecule has 0 radical (unpaired) electrons. The lowest BCUT2D eigenvalue weighted by atomic mass is 9.95. The first-order valence-electron chi connectivity index (χ1n) is 8.91. The first-order chi connectivity index (χ1) is 12.0.